The number of nitrogens with zero attached hydrogens (tertiary/aromatic N) is 1. The molecule has 0 aliphatic rings. The van der Waals surface area contributed by atoms with Crippen LogP contribution in [0.1, 0.15) is 12.5 Å². The highest BCUT2D eigenvalue weighted by atomic mass is 79.9. The molecule has 1 heterocycles. The summed E-state index contributed by atoms with van der Waals surface area (Å²) in [6.07, 6.45) is 2.50. The molecule has 2 aromatic rings. The number of aromatic nitrogens is 1. The van der Waals surface area contributed by atoms with Crippen LogP contribution in [0.4, 0.5) is 4.39 Å². The number of hydrogen-bond donors (Lipinski definition) is 0. The van der Waals surface area contributed by atoms with E-state index in [-0.39, 0.29) is 0 Å². The van der Waals surface area contributed by atoms with Gasteiger partial charge in [-0.25, -0.2) is 4.98 Å². The van der Waals surface area contributed by atoms with E-state index < -0.39 is 5.95 Å². The second kappa shape index (κ2) is 4.74. The van der Waals surface area contributed by atoms with Crippen LogP contribution in [-0.4, -0.2) is 4.98 Å². The van der Waals surface area contributed by atoms with Gasteiger partial charge in [0.25, 0.3) is 0 Å². The van der Waals surface area contributed by atoms with E-state index in [1.165, 1.54) is 11.6 Å². The van der Waals surface area contributed by atoms with Crippen LogP contribution in [-0.2, 0) is 6.42 Å². The van der Waals surface area contributed by atoms with E-state index >= 15 is 0 Å². The Labute approximate surface area is 102 Å². The van der Waals surface area contributed by atoms with E-state index in [0.717, 1.165) is 22.0 Å². The topological polar surface area (TPSA) is 12.9 Å². The Morgan fingerprint density at radius 3 is 2.69 bits per heavy atom. The summed E-state index contributed by atoms with van der Waals surface area (Å²) >= 11 is 3.45. The van der Waals surface area contributed by atoms with E-state index in [0.29, 0.717) is 0 Å². The van der Waals surface area contributed by atoms with Gasteiger partial charge < -0.3 is 0 Å². The number of hydrogen-bond acceptors (Lipinski definition) is 1. The number of rotatable bonds is 2. The van der Waals surface area contributed by atoms with Gasteiger partial charge in [-0.05, 0) is 41.8 Å². The molecule has 1 aromatic heterocycles. The fraction of sp³-hybridized carbons (Fsp3) is 0.154. The summed E-state index contributed by atoms with van der Waals surface area (Å²) in [4.78, 5) is 3.67. The van der Waals surface area contributed by atoms with Crippen molar-refractivity contribution in [1.82, 2.24) is 4.98 Å². The van der Waals surface area contributed by atoms with Gasteiger partial charge in [0.2, 0.25) is 5.95 Å². The SMILES string of the molecule is CCc1cc(Br)ccc1-c1ccc(F)nc1. The lowest BCUT2D eigenvalue weighted by atomic mass is 10.00. The second-order valence-electron chi connectivity index (χ2n) is 3.52. The third-order valence-electron chi connectivity index (χ3n) is 2.49. The molecule has 16 heavy (non-hydrogen) atoms. The number of benzene rings is 1. The molecular formula is C13H11BrFN. The normalized spacial score (nSPS) is 10.4. The van der Waals surface area contributed by atoms with Crippen molar-refractivity contribution < 1.29 is 4.39 Å². The number of aryl methyl sites for hydroxylation is 1. The minimum atomic E-state index is -0.445. The first kappa shape index (κ1) is 11.3. The van der Waals surface area contributed by atoms with Crippen molar-refractivity contribution in [3.63, 3.8) is 0 Å². The maximum absolute atomic E-state index is 12.7. The average Bonchev–Trinajstić information content (AvgIpc) is 2.30. The lowest BCUT2D eigenvalue weighted by molar-refractivity contribution is 0.584. The van der Waals surface area contributed by atoms with Gasteiger partial charge in [-0.1, -0.05) is 28.9 Å². The van der Waals surface area contributed by atoms with Gasteiger partial charge in [0.1, 0.15) is 0 Å². The fourth-order valence-electron chi connectivity index (χ4n) is 1.67. The molecule has 0 fully saturated rings. The summed E-state index contributed by atoms with van der Waals surface area (Å²) in [6.45, 7) is 2.10. The van der Waals surface area contributed by atoms with Crippen LogP contribution < -0.4 is 0 Å². The van der Waals surface area contributed by atoms with Gasteiger partial charge in [0, 0.05) is 16.2 Å². The third kappa shape index (κ3) is 2.30. The van der Waals surface area contributed by atoms with Gasteiger partial charge in [-0.3, -0.25) is 0 Å². The molecule has 0 unspecified atom stereocenters. The molecule has 1 nitrogen and oxygen atoms in total. The molecule has 0 amide bonds. The Balaban J connectivity index is 2.51. The number of pyridine rings is 1. The lowest BCUT2D eigenvalue weighted by Gasteiger charge is -2.08. The monoisotopic (exact) mass is 279 g/mol. The molecule has 0 saturated carbocycles. The minimum Gasteiger partial charge on any atom is -0.228 e. The first-order valence-corrected chi connectivity index (χ1v) is 5.90. The van der Waals surface area contributed by atoms with Crippen LogP contribution in [0.15, 0.2) is 41.0 Å². The maximum atomic E-state index is 12.7. The largest absolute Gasteiger partial charge is 0.228 e. The standard InChI is InChI=1S/C13H11BrFN/c1-2-9-7-11(14)4-5-12(9)10-3-6-13(15)16-8-10/h3-8H,2H2,1H3. The van der Waals surface area contributed by atoms with Crippen LogP contribution in [0.3, 0.4) is 0 Å². The molecule has 2 rings (SSSR count). The third-order valence-corrected chi connectivity index (χ3v) is 2.98. The summed E-state index contributed by atoms with van der Waals surface area (Å²) in [5, 5.41) is 0. The molecule has 0 bridgehead atoms. The summed E-state index contributed by atoms with van der Waals surface area (Å²) in [7, 11) is 0. The quantitative estimate of drug-likeness (QED) is 0.751. The van der Waals surface area contributed by atoms with Crippen molar-refractivity contribution in [1.29, 1.82) is 0 Å². The van der Waals surface area contributed by atoms with Gasteiger partial charge >= 0.3 is 0 Å². The summed E-state index contributed by atoms with van der Waals surface area (Å²) in [5.74, 6) is -0.445. The zero-order valence-corrected chi connectivity index (χ0v) is 10.5. The molecule has 0 saturated heterocycles. The number of halogens is 2. The summed E-state index contributed by atoms with van der Waals surface area (Å²) in [5.41, 5.74) is 3.28. The van der Waals surface area contributed by atoms with Crippen molar-refractivity contribution in [2.45, 2.75) is 13.3 Å². The second-order valence-corrected chi connectivity index (χ2v) is 4.44. The highest BCUT2D eigenvalue weighted by molar-refractivity contribution is 9.10. The molecule has 0 aliphatic heterocycles. The first-order valence-electron chi connectivity index (χ1n) is 5.11. The average molecular weight is 280 g/mol. The molecule has 0 radical (unpaired) electrons. The molecule has 3 heteroatoms. The lowest BCUT2D eigenvalue weighted by Crippen LogP contribution is -1.89. The molecule has 1 aromatic carbocycles. The predicted octanol–water partition coefficient (Wildman–Crippen LogP) is 4.21. The highest BCUT2D eigenvalue weighted by Gasteiger charge is 2.05. The van der Waals surface area contributed by atoms with Crippen LogP contribution in [0.2, 0.25) is 0 Å². The van der Waals surface area contributed by atoms with Crippen LogP contribution >= 0.6 is 15.9 Å². The Morgan fingerprint density at radius 2 is 2.06 bits per heavy atom. The van der Waals surface area contributed by atoms with Gasteiger partial charge in [-0.15, -0.1) is 0 Å². The van der Waals surface area contributed by atoms with Crippen LogP contribution in [0.25, 0.3) is 11.1 Å². The molecule has 82 valence electrons. The van der Waals surface area contributed by atoms with E-state index in [9.17, 15) is 4.39 Å². The summed E-state index contributed by atoms with van der Waals surface area (Å²) in [6, 6.07) is 9.23. The Bertz CT molecular complexity index is 494. The van der Waals surface area contributed by atoms with Crippen molar-refractivity contribution in [3.8, 4) is 11.1 Å². The van der Waals surface area contributed by atoms with Gasteiger partial charge in [-0.2, -0.15) is 4.39 Å². The van der Waals surface area contributed by atoms with Gasteiger partial charge in [0.05, 0.1) is 0 Å². The first-order chi connectivity index (χ1) is 7.70. The van der Waals surface area contributed by atoms with Crippen molar-refractivity contribution in [2.24, 2.45) is 0 Å². The van der Waals surface area contributed by atoms with E-state index in [1.807, 2.05) is 12.1 Å². The molecule has 0 atom stereocenters. The van der Waals surface area contributed by atoms with Crippen molar-refractivity contribution in [3.05, 3.63) is 52.5 Å². The maximum Gasteiger partial charge on any atom is 0.212 e. The zero-order valence-electron chi connectivity index (χ0n) is 8.87. The summed E-state index contributed by atoms with van der Waals surface area (Å²) < 4.78 is 13.8. The van der Waals surface area contributed by atoms with E-state index in [4.69, 9.17) is 0 Å². The van der Waals surface area contributed by atoms with Crippen molar-refractivity contribution in [2.75, 3.05) is 0 Å². The molecular weight excluding hydrogens is 269 g/mol. The smallest absolute Gasteiger partial charge is 0.212 e. The minimum absolute atomic E-state index is 0.445. The molecule has 0 aliphatic carbocycles. The van der Waals surface area contributed by atoms with E-state index in [1.54, 1.807) is 12.3 Å². The molecule has 0 spiro atoms. The zero-order chi connectivity index (χ0) is 11.5. The van der Waals surface area contributed by atoms with Gasteiger partial charge in [0.15, 0.2) is 0 Å². The van der Waals surface area contributed by atoms with Crippen LogP contribution in [0, 0.1) is 5.95 Å². The Hall–Kier alpha value is -1.22. The molecule has 0 N–H and O–H groups in total. The highest BCUT2D eigenvalue weighted by Crippen LogP contribution is 2.26. The fourth-order valence-corrected chi connectivity index (χ4v) is 2.08. The predicted molar refractivity (Wildman–Crippen MR) is 66.7 cm³/mol. The van der Waals surface area contributed by atoms with E-state index in [2.05, 4.69) is 33.9 Å². The van der Waals surface area contributed by atoms with Crippen LogP contribution in [0.5, 0.6) is 0 Å². The van der Waals surface area contributed by atoms with Crippen molar-refractivity contribution >= 4 is 15.9 Å². The Morgan fingerprint density at radius 1 is 1.25 bits per heavy atom. The Kier molecular flexibility index (Phi) is 3.34.